The third-order valence-corrected chi connectivity index (χ3v) is 5.95. The van der Waals surface area contributed by atoms with E-state index in [4.69, 9.17) is 4.74 Å². The van der Waals surface area contributed by atoms with Crippen molar-refractivity contribution in [2.24, 2.45) is 0 Å². The van der Waals surface area contributed by atoms with Gasteiger partial charge in [-0.15, -0.1) is 0 Å². The first-order valence-corrected chi connectivity index (χ1v) is 10.6. The summed E-state index contributed by atoms with van der Waals surface area (Å²) in [5.74, 6) is 0.985. The molecule has 2 aromatic rings. The molecule has 0 saturated carbocycles. The lowest BCUT2D eigenvalue weighted by molar-refractivity contribution is -0.123. The van der Waals surface area contributed by atoms with Crippen molar-refractivity contribution in [1.29, 1.82) is 0 Å². The number of ether oxygens (including phenoxy) is 1. The number of piperidine rings is 1. The molecule has 2 aliphatic heterocycles. The number of hydrogen-bond donors (Lipinski definition) is 2. The van der Waals surface area contributed by atoms with Crippen molar-refractivity contribution in [3.63, 3.8) is 0 Å². The van der Waals surface area contributed by atoms with Crippen LogP contribution in [0.2, 0.25) is 0 Å². The summed E-state index contributed by atoms with van der Waals surface area (Å²) >= 11 is 0. The number of hydrogen-bond acceptors (Lipinski definition) is 5. The third-order valence-electron chi connectivity index (χ3n) is 5.95. The number of carbonyl (C=O) groups excluding carboxylic acids is 2. The van der Waals surface area contributed by atoms with Crippen LogP contribution in [0.4, 0.5) is 5.69 Å². The predicted molar refractivity (Wildman–Crippen MR) is 115 cm³/mol. The Bertz CT molecular complexity index is 921. The minimum atomic E-state index is -0.401. The minimum absolute atomic E-state index is 0.0704. The van der Waals surface area contributed by atoms with E-state index >= 15 is 0 Å². The van der Waals surface area contributed by atoms with Crippen LogP contribution in [0.25, 0.3) is 0 Å². The smallest absolute Gasteiger partial charge is 0.269 e. The average Bonchev–Trinajstić information content (AvgIpc) is 2.78. The van der Waals surface area contributed by atoms with Gasteiger partial charge in [0.1, 0.15) is 11.4 Å². The van der Waals surface area contributed by atoms with E-state index in [9.17, 15) is 9.59 Å². The fraction of sp³-hybridized carbons (Fsp3) is 0.435. The number of carbonyl (C=O) groups is 2. The van der Waals surface area contributed by atoms with Crippen molar-refractivity contribution in [3.05, 3.63) is 53.3 Å². The summed E-state index contributed by atoms with van der Waals surface area (Å²) in [5.41, 5.74) is 3.58. The molecule has 30 heavy (non-hydrogen) atoms. The summed E-state index contributed by atoms with van der Waals surface area (Å²) in [4.78, 5) is 30.4. The van der Waals surface area contributed by atoms with Gasteiger partial charge < -0.3 is 15.4 Å². The molecular formula is C23H28N4O3. The van der Waals surface area contributed by atoms with E-state index in [-0.39, 0.29) is 11.8 Å². The maximum Gasteiger partial charge on any atom is 0.269 e. The van der Waals surface area contributed by atoms with Crippen LogP contribution in [0.1, 0.15) is 53.7 Å². The van der Waals surface area contributed by atoms with Crippen molar-refractivity contribution in [3.8, 4) is 5.75 Å². The first-order chi connectivity index (χ1) is 14.6. The van der Waals surface area contributed by atoms with Gasteiger partial charge in [0.15, 0.2) is 6.10 Å². The van der Waals surface area contributed by atoms with Crippen LogP contribution in [0.15, 0.2) is 36.5 Å². The van der Waals surface area contributed by atoms with Crippen molar-refractivity contribution >= 4 is 17.5 Å². The quantitative estimate of drug-likeness (QED) is 0.795. The Labute approximate surface area is 176 Å². The highest BCUT2D eigenvalue weighted by molar-refractivity contribution is 5.97. The number of anilines is 1. The number of amides is 2. The third kappa shape index (κ3) is 4.31. The minimum Gasteiger partial charge on any atom is -0.478 e. The van der Waals surface area contributed by atoms with E-state index in [1.165, 1.54) is 11.1 Å². The van der Waals surface area contributed by atoms with E-state index in [1.54, 1.807) is 13.1 Å². The molecular weight excluding hydrogens is 380 g/mol. The number of nitrogens with one attached hydrogen (secondary N) is 2. The summed E-state index contributed by atoms with van der Waals surface area (Å²) in [6.45, 7) is 4.79. The van der Waals surface area contributed by atoms with Crippen LogP contribution in [0.3, 0.4) is 0 Å². The largest absolute Gasteiger partial charge is 0.478 e. The normalized spacial score (nSPS) is 19.5. The molecule has 2 aliphatic rings. The molecule has 0 spiro atoms. The van der Waals surface area contributed by atoms with Crippen LogP contribution >= 0.6 is 0 Å². The lowest BCUT2D eigenvalue weighted by atomic mass is 9.90. The second-order valence-corrected chi connectivity index (χ2v) is 7.94. The van der Waals surface area contributed by atoms with Gasteiger partial charge in [-0.2, -0.15) is 0 Å². The summed E-state index contributed by atoms with van der Waals surface area (Å²) < 4.78 is 5.78. The second kappa shape index (κ2) is 8.83. The zero-order chi connectivity index (χ0) is 21.1. The first kappa shape index (κ1) is 20.3. The number of pyridine rings is 1. The molecule has 3 heterocycles. The van der Waals surface area contributed by atoms with Crippen LogP contribution in [-0.2, 0) is 11.3 Å². The van der Waals surface area contributed by atoms with Crippen LogP contribution in [0.5, 0.6) is 5.75 Å². The molecule has 1 aromatic carbocycles. The van der Waals surface area contributed by atoms with Crippen molar-refractivity contribution < 1.29 is 14.3 Å². The maximum atomic E-state index is 12.1. The summed E-state index contributed by atoms with van der Waals surface area (Å²) in [7, 11) is 1.61. The van der Waals surface area contributed by atoms with E-state index in [0.717, 1.165) is 43.9 Å². The lowest BCUT2D eigenvalue weighted by Gasteiger charge is -2.32. The summed E-state index contributed by atoms with van der Waals surface area (Å²) in [6, 6.07) is 9.88. The van der Waals surface area contributed by atoms with Gasteiger partial charge in [0.25, 0.3) is 11.8 Å². The number of rotatable bonds is 5. The van der Waals surface area contributed by atoms with Gasteiger partial charge in [-0.05, 0) is 67.6 Å². The van der Waals surface area contributed by atoms with Gasteiger partial charge in [-0.3, -0.25) is 19.5 Å². The lowest BCUT2D eigenvalue weighted by Crippen LogP contribution is -2.36. The number of fused-ring (bicyclic) bond motifs is 1. The Balaban J connectivity index is 1.34. The van der Waals surface area contributed by atoms with Crippen molar-refractivity contribution in [2.75, 3.05) is 25.5 Å². The van der Waals surface area contributed by atoms with E-state index in [2.05, 4.69) is 26.6 Å². The van der Waals surface area contributed by atoms with E-state index in [0.29, 0.717) is 18.0 Å². The molecule has 4 rings (SSSR count). The molecule has 1 aromatic heterocycles. The molecule has 2 amide bonds. The molecule has 7 nitrogen and oxygen atoms in total. The molecule has 1 fully saturated rings. The Morgan fingerprint density at radius 3 is 2.73 bits per heavy atom. The average molecular weight is 409 g/mol. The van der Waals surface area contributed by atoms with Gasteiger partial charge in [-0.1, -0.05) is 19.1 Å². The summed E-state index contributed by atoms with van der Waals surface area (Å²) in [6.07, 6.45) is 4.21. The Kier molecular flexibility index (Phi) is 5.99. The highest BCUT2D eigenvalue weighted by Gasteiger charge is 2.26. The Morgan fingerprint density at radius 1 is 1.27 bits per heavy atom. The number of likely N-dealkylation sites (tertiary alicyclic amines) is 1. The topological polar surface area (TPSA) is 83.6 Å². The number of nitrogens with zero attached hydrogens (tertiary/aromatic N) is 2. The summed E-state index contributed by atoms with van der Waals surface area (Å²) in [5, 5.41) is 5.56. The molecule has 1 atom stereocenters. The number of benzene rings is 1. The van der Waals surface area contributed by atoms with E-state index < -0.39 is 6.10 Å². The second-order valence-electron chi connectivity index (χ2n) is 7.94. The van der Waals surface area contributed by atoms with Gasteiger partial charge in [0.05, 0.1) is 5.69 Å². The van der Waals surface area contributed by atoms with E-state index in [1.807, 2.05) is 31.3 Å². The van der Waals surface area contributed by atoms with Crippen molar-refractivity contribution in [1.82, 2.24) is 15.2 Å². The monoisotopic (exact) mass is 408 g/mol. The van der Waals surface area contributed by atoms with Crippen LogP contribution < -0.4 is 15.4 Å². The fourth-order valence-corrected chi connectivity index (χ4v) is 4.16. The van der Waals surface area contributed by atoms with Gasteiger partial charge >= 0.3 is 0 Å². The zero-order valence-electron chi connectivity index (χ0n) is 17.5. The molecule has 2 N–H and O–H groups in total. The highest BCUT2D eigenvalue weighted by atomic mass is 16.5. The Morgan fingerprint density at radius 2 is 2.07 bits per heavy atom. The number of aromatic nitrogens is 1. The fourth-order valence-electron chi connectivity index (χ4n) is 4.16. The molecule has 7 heteroatoms. The zero-order valence-corrected chi connectivity index (χ0v) is 17.5. The molecule has 0 aliphatic carbocycles. The van der Waals surface area contributed by atoms with Gasteiger partial charge in [0.2, 0.25) is 0 Å². The van der Waals surface area contributed by atoms with Crippen LogP contribution in [0, 0.1) is 0 Å². The SMILES string of the molecule is CC[C@@H]1Oc2ccc(CN3CCC(c4ccc(C(=O)NC)nc4)CC3)cc2NC1=O. The predicted octanol–water partition coefficient (Wildman–Crippen LogP) is 2.93. The van der Waals surface area contributed by atoms with Gasteiger partial charge in [0, 0.05) is 19.8 Å². The van der Waals surface area contributed by atoms with Crippen molar-refractivity contribution in [2.45, 2.75) is 44.8 Å². The molecule has 0 bridgehead atoms. The Hall–Kier alpha value is -2.93. The first-order valence-electron chi connectivity index (χ1n) is 10.6. The van der Waals surface area contributed by atoms with Crippen LogP contribution in [-0.4, -0.2) is 47.9 Å². The van der Waals surface area contributed by atoms with Gasteiger partial charge in [-0.25, -0.2) is 0 Å². The molecule has 1 saturated heterocycles. The highest BCUT2D eigenvalue weighted by Crippen LogP contribution is 2.33. The molecule has 0 radical (unpaired) electrons. The maximum absolute atomic E-state index is 12.1. The molecule has 158 valence electrons. The standard InChI is InChI=1S/C23H28N4O3/c1-3-20-23(29)26-19-12-15(4-7-21(19)30-20)14-27-10-8-16(9-11-27)17-5-6-18(25-13-17)22(28)24-2/h4-7,12-13,16,20H,3,8-11,14H2,1-2H3,(H,24,28)(H,26,29)/t20-/m0/s1. The molecule has 0 unspecified atom stereocenters.